The van der Waals surface area contributed by atoms with Gasteiger partial charge in [0, 0.05) is 10.0 Å². The van der Waals surface area contributed by atoms with Gasteiger partial charge in [-0.2, -0.15) is 0 Å². The highest BCUT2D eigenvalue weighted by Gasteiger charge is 2.14. The van der Waals surface area contributed by atoms with Gasteiger partial charge >= 0.3 is 0 Å². The molecule has 0 fully saturated rings. The Morgan fingerprint density at radius 3 is 2.43 bits per heavy atom. The number of hydrogen-bond acceptors (Lipinski definition) is 4. The van der Waals surface area contributed by atoms with E-state index in [-0.39, 0.29) is 24.4 Å². The van der Waals surface area contributed by atoms with Gasteiger partial charge in [0.05, 0.1) is 25.8 Å². The molecule has 150 valence electrons. The molecule has 0 unspecified atom stereocenters. The molecule has 2 rings (SSSR count). The first-order chi connectivity index (χ1) is 13.4. The molecule has 0 aromatic heterocycles. The normalized spacial score (nSPS) is 11.4. The van der Waals surface area contributed by atoms with Crippen LogP contribution in [0.25, 0.3) is 0 Å². The summed E-state index contributed by atoms with van der Waals surface area (Å²) in [6, 6.07) is 12.3. The van der Waals surface area contributed by atoms with Crippen molar-refractivity contribution in [1.29, 1.82) is 0 Å². The van der Waals surface area contributed by atoms with Gasteiger partial charge < -0.3 is 20.1 Å². The lowest BCUT2D eigenvalue weighted by molar-refractivity contribution is -0.120. The highest BCUT2D eigenvalue weighted by molar-refractivity contribution is 9.10. The van der Waals surface area contributed by atoms with Gasteiger partial charge in [-0.3, -0.25) is 9.59 Å². The average molecular weight is 449 g/mol. The van der Waals surface area contributed by atoms with Gasteiger partial charge in [0.1, 0.15) is 0 Å². The zero-order valence-electron chi connectivity index (χ0n) is 16.3. The Bertz CT molecular complexity index is 826. The maximum absolute atomic E-state index is 12.2. The number of benzene rings is 2. The van der Waals surface area contributed by atoms with Crippen LogP contribution in [0.15, 0.2) is 46.9 Å². The second-order valence-electron chi connectivity index (χ2n) is 6.05. The van der Waals surface area contributed by atoms with Crippen molar-refractivity contribution in [3.8, 4) is 11.5 Å². The van der Waals surface area contributed by atoms with E-state index in [1.54, 1.807) is 18.2 Å². The predicted molar refractivity (Wildman–Crippen MR) is 112 cm³/mol. The van der Waals surface area contributed by atoms with Crippen molar-refractivity contribution >= 4 is 27.7 Å². The summed E-state index contributed by atoms with van der Waals surface area (Å²) in [7, 11) is 0. The molecule has 0 saturated carbocycles. The summed E-state index contributed by atoms with van der Waals surface area (Å²) >= 11 is 3.32. The Hall–Kier alpha value is -2.54. The van der Waals surface area contributed by atoms with Crippen LogP contribution in [0.2, 0.25) is 0 Å². The summed E-state index contributed by atoms with van der Waals surface area (Å²) in [5.41, 5.74) is 1.38. The number of ether oxygens (including phenoxy) is 2. The standard InChI is InChI=1S/C21H25BrN2O4/c1-4-27-18-10-9-15(12-19(18)28-5-2)14(3)24-20(25)13-23-21(26)16-7-6-8-17(22)11-16/h6-12,14H,4-5,13H2,1-3H3,(H,23,26)(H,24,25)/t14-/m1/s1. The molecule has 1 atom stereocenters. The van der Waals surface area contributed by atoms with Gasteiger partial charge in [-0.25, -0.2) is 0 Å². The number of amides is 2. The number of carbonyl (C=O) groups excluding carboxylic acids is 2. The highest BCUT2D eigenvalue weighted by Crippen LogP contribution is 2.30. The van der Waals surface area contributed by atoms with Crippen molar-refractivity contribution in [2.24, 2.45) is 0 Å². The maximum atomic E-state index is 12.2. The molecular weight excluding hydrogens is 424 g/mol. The fourth-order valence-electron chi connectivity index (χ4n) is 2.61. The van der Waals surface area contributed by atoms with Gasteiger partial charge in [-0.1, -0.05) is 28.1 Å². The van der Waals surface area contributed by atoms with Crippen LogP contribution in [0.5, 0.6) is 11.5 Å². The van der Waals surface area contributed by atoms with E-state index in [0.717, 1.165) is 10.0 Å². The summed E-state index contributed by atoms with van der Waals surface area (Å²) in [5, 5.41) is 5.50. The summed E-state index contributed by atoms with van der Waals surface area (Å²) < 4.78 is 12.0. The largest absolute Gasteiger partial charge is 0.490 e. The molecule has 2 amide bonds. The van der Waals surface area contributed by atoms with Gasteiger partial charge in [0.15, 0.2) is 11.5 Å². The van der Waals surface area contributed by atoms with Gasteiger partial charge in [-0.15, -0.1) is 0 Å². The highest BCUT2D eigenvalue weighted by atomic mass is 79.9. The minimum atomic E-state index is -0.302. The minimum Gasteiger partial charge on any atom is -0.490 e. The smallest absolute Gasteiger partial charge is 0.251 e. The Morgan fingerprint density at radius 2 is 1.75 bits per heavy atom. The van der Waals surface area contributed by atoms with Crippen molar-refractivity contribution in [3.05, 3.63) is 58.1 Å². The summed E-state index contributed by atoms with van der Waals surface area (Å²) in [5.74, 6) is 0.741. The Labute approximate surface area is 173 Å². The molecule has 0 saturated heterocycles. The van der Waals surface area contributed by atoms with E-state index in [1.807, 2.05) is 45.0 Å². The lowest BCUT2D eigenvalue weighted by Gasteiger charge is -2.17. The minimum absolute atomic E-state index is 0.106. The fourth-order valence-corrected chi connectivity index (χ4v) is 3.00. The van der Waals surface area contributed by atoms with Gasteiger partial charge in [0.25, 0.3) is 5.91 Å². The lowest BCUT2D eigenvalue weighted by Crippen LogP contribution is -2.38. The number of hydrogen-bond donors (Lipinski definition) is 2. The zero-order valence-corrected chi connectivity index (χ0v) is 17.8. The number of nitrogens with one attached hydrogen (secondary N) is 2. The molecule has 7 heteroatoms. The number of halogens is 1. The van der Waals surface area contributed by atoms with Crippen LogP contribution in [0.4, 0.5) is 0 Å². The topological polar surface area (TPSA) is 76.7 Å². The van der Waals surface area contributed by atoms with Crippen molar-refractivity contribution in [2.75, 3.05) is 19.8 Å². The molecule has 0 aliphatic carbocycles. The first-order valence-corrected chi connectivity index (χ1v) is 9.96. The molecule has 0 heterocycles. The van der Waals surface area contributed by atoms with E-state index in [9.17, 15) is 9.59 Å². The lowest BCUT2D eigenvalue weighted by atomic mass is 10.1. The van der Waals surface area contributed by atoms with Crippen LogP contribution in [0.1, 0.15) is 42.7 Å². The fraction of sp³-hybridized carbons (Fsp3) is 0.333. The summed E-state index contributed by atoms with van der Waals surface area (Å²) in [6.45, 7) is 6.65. The molecule has 0 spiro atoms. The van der Waals surface area contributed by atoms with Crippen molar-refractivity contribution < 1.29 is 19.1 Å². The molecule has 0 aliphatic rings. The van der Waals surface area contributed by atoms with E-state index < -0.39 is 0 Å². The summed E-state index contributed by atoms with van der Waals surface area (Å²) in [6.07, 6.45) is 0. The van der Waals surface area contributed by atoms with E-state index in [1.165, 1.54) is 0 Å². The zero-order chi connectivity index (χ0) is 20.5. The third-order valence-electron chi connectivity index (χ3n) is 3.94. The molecule has 2 N–H and O–H groups in total. The van der Waals surface area contributed by atoms with Gasteiger partial charge in [0.2, 0.25) is 5.91 Å². The molecular formula is C21H25BrN2O4. The third kappa shape index (κ3) is 6.27. The third-order valence-corrected chi connectivity index (χ3v) is 4.43. The summed E-state index contributed by atoms with van der Waals surface area (Å²) in [4.78, 5) is 24.3. The maximum Gasteiger partial charge on any atom is 0.251 e. The predicted octanol–water partition coefficient (Wildman–Crippen LogP) is 3.85. The monoisotopic (exact) mass is 448 g/mol. The van der Waals surface area contributed by atoms with Crippen molar-refractivity contribution in [1.82, 2.24) is 10.6 Å². The molecule has 2 aromatic rings. The average Bonchev–Trinajstić information content (AvgIpc) is 2.67. The molecule has 6 nitrogen and oxygen atoms in total. The van der Waals surface area contributed by atoms with Crippen LogP contribution >= 0.6 is 15.9 Å². The number of carbonyl (C=O) groups is 2. The Kier molecular flexibility index (Phi) is 8.32. The Morgan fingerprint density at radius 1 is 1.04 bits per heavy atom. The second kappa shape index (κ2) is 10.7. The van der Waals surface area contributed by atoms with Crippen LogP contribution in [0.3, 0.4) is 0 Å². The van der Waals surface area contributed by atoms with E-state index in [2.05, 4.69) is 26.6 Å². The van der Waals surface area contributed by atoms with E-state index in [0.29, 0.717) is 30.3 Å². The molecule has 0 bridgehead atoms. The quantitative estimate of drug-likeness (QED) is 0.610. The van der Waals surface area contributed by atoms with E-state index >= 15 is 0 Å². The van der Waals surface area contributed by atoms with E-state index in [4.69, 9.17) is 9.47 Å². The molecule has 28 heavy (non-hydrogen) atoms. The molecule has 2 aromatic carbocycles. The van der Waals surface area contributed by atoms with Crippen LogP contribution in [-0.2, 0) is 4.79 Å². The van der Waals surface area contributed by atoms with Crippen molar-refractivity contribution in [2.45, 2.75) is 26.8 Å². The molecule has 0 aliphatic heterocycles. The van der Waals surface area contributed by atoms with Gasteiger partial charge in [-0.05, 0) is 56.7 Å². The van der Waals surface area contributed by atoms with Crippen LogP contribution < -0.4 is 20.1 Å². The second-order valence-corrected chi connectivity index (χ2v) is 6.97. The first kappa shape index (κ1) is 21.8. The first-order valence-electron chi connectivity index (χ1n) is 9.17. The molecule has 0 radical (unpaired) electrons. The van der Waals surface area contributed by atoms with Crippen LogP contribution in [-0.4, -0.2) is 31.6 Å². The Balaban J connectivity index is 1.94. The van der Waals surface area contributed by atoms with Crippen molar-refractivity contribution in [3.63, 3.8) is 0 Å². The number of rotatable bonds is 9. The SMILES string of the molecule is CCOc1ccc([C@@H](C)NC(=O)CNC(=O)c2cccc(Br)c2)cc1OCC. The van der Waals surface area contributed by atoms with Crippen LogP contribution in [0, 0.1) is 0 Å².